The van der Waals surface area contributed by atoms with Gasteiger partial charge in [-0.1, -0.05) is 99.9 Å². The molecule has 18 nitrogen and oxygen atoms in total. The number of hydrogen-bond donors (Lipinski definition) is 5. The van der Waals surface area contributed by atoms with E-state index in [0.717, 1.165) is 91.8 Å². The van der Waals surface area contributed by atoms with Crippen molar-refractivity contribution in [3.8, 4) is 27.6 Å². The third kappa shape index (κ3) is 15.2. The molecule has 0 unspecified atom stereocenters. The SMILES string of the molecule is Cc1cc(OCCCc2sc(N3CCc4cccc(C(=O)Nc5nc6ccccc6s5)c4C3)nc2C(=O)O)ccc1-c1ncc(CCCCCCCC(=O)N[C@H](C(=O)N2C[C@H](O)C[C@H]2C(=O)N[C@@H](C)c2ccc(-c3scnc3C)cc2)C(C)(C)C)cn1. The number of para-hydroxylation sites is 1. The van der Waals surface area contributed by atoms with E-state index in [2.05, 4.69) is 35.8 Å². The molecule has 0 saturated carbocycles. The largest absolute Gasteiger partial charge is 0.494 e. The number of benzene rings is 4. The number of carbonyl (C=O) groups excluding carboxylic acids is 4. The number of thiazole rings is 3. The molecule has 21 heteroatoms. The zero-order valence-electron chi connectivity index (χ0n) is 49.9. The van der Waals surface area contributed by atoms with Gasteiger partial charge in [0, 0.05) is 60.9 Å². The molecule has 87 heavy (non-hydrogen) atoms. The Morgan fingerprint density at radius 3 is 2.34 bits per heavy atom. The van der Waals surface area contributed by atoms with Gasteiger partial charge in [0.1, 0.15) is 17.8 Å². The molecule has 0 aliphatic carbocycles. The molecule has 1 saturated heterocycles. The lowest BCUT2D eigenvalue weighted by atomic mass is 9.85. The molecule has 0 bridgehead atoms. The molecule has 2 aliphatic heterocycles. The molecule has 10 rings (SSSR count). The van der Waals surface area contributed by atoms with Crippen molar-refractivity contribution >= 4 is 84.1 Å². The van der Waals surface area contributed by atoms with Crippen molar-refractivity contribution < 1.29 is 38.9 Å². The molecular weight excluding hydrogens is 1160 g/mol. The average molecular weight is 1230 g/mol. The molecule has 4 atom stereocenters. The lowest BCUT2D eigenvalue weighted by Gasteiger charge is -2.35. The Hall–Kier alpha value is -7.98. The molecule has 454 valence electrons. The van der Waals surface area contributed by atoms with Crippen molar-refractivity contribution in [2.75, 3.05) is 29.9 Å². The molecule has 0 radical (unpaired) electrons. The summed E-state index contributed by atoms with van der Waals surface area (Å²) in [5.74, 6) is -0.944. The number of aromatic nitrogens is 5. The third-order valence-electron chi connectivity index (χ3n) is 16.1. The first-order valence-corrected chi connectivity index (χ1v) is 32.3. The van der Waals surface area contributed by atoms with Crippen LogP contribution in [0.5, 0.6) is 5.75 Å². The van der Waals surface area contributed by atoms with E-state index in [0.29, 0.717) is 77.7 Å². The maximum atomic E-state index is 14.2. The number of unbranched alkanes of at least 4 members (excludes halogenated alkanes) is 4. The minimum absolute atomic E-state index is 0.0114. The van der Waals surface area contributed by atoms with Crippen LogP contribution in [0.2, 0.25) is 0 Å². The number of carbonyl (C=O) groups is 5. The summed E-state index contributed by atoms with van der Waals surface area (Å²) < 4.78 is 7.14. The quantitative estimate of drug-likeness (QED) is 0.0354. The maximum Gasteiger partial charge on any atom is 0.355 e. The first-order valence-electron chi connectivity index (χ1n) is 29.8. The van der Waals surface area contributed by atoms with Crippen LogP contribution in [0.4, 0.5) is 10.3 Å². The highest BCUT2D eigenvalue weighted by molar-refractivity contribution is 7.22. The summed E-state index contributed by atoms with van der Waals surface area (Å²) in [5.41, 5.74) is 10.4. The summed E-state index contributed by atoms with van der Waals surface area (Å²) in [4.78, 5) is 95.5. The number of nitrogens with one attached hydrogen (secondary N) is 3. The van der Waals surface area contributed by atoms with Crippen LogP contribution in [0.25, 0.3) is 32.0 Å². The molecule has 5 N–H and O–H groups in total. The van der Waals surface area contributed by atoms with E-state index >= 15 is 0 Å². The number of carboxylic acid groups (broad SMARTS) is 1. The molecule has 6 heterocycles. The first kappa shape index (κ1) is 62.1. The smallest absolute Gasteiger partial charge is 0.355 e. The van der Waals surface area contributed by atoms with Gasteiger partial charge in [0.15, 0.2) is 21.8 Å². The zero-order chi connectivity index (χ0) is 61.4. The number of fused-ring (bicyclic) bond motifs is 2. The van der Waals surface area contributed by atoms with Crippen LogP contribution in [0, 0.1) is 19.3 Å². The second-order valence-corrected chi connectivity index (χ2v) is 26.6. The second kappa shape index (κ2) is 27.8. The zero-order valence-corrected chi connectivity index (χ0v) is 52.4. The summed E-state index contributed by atoms with van der Waals surface area (Å²) in [6.45, 7) is 13.0. The van der Waals surface area contributed by atoms with Gasteiger partial charge in [-0.3, -0.25) is 24.5 Å². The van der Waals surface area contributed by atoms with Gasteiger partial charge in [-0.25, -0.2) is 29.7 Å². The number of aryl methyl sites for hydroxylation is 4. The highest BCUT2D eigenvalue weighted by Gasteiger charge is 2.45. The van der Waals surface area contributed by atoms with Crippen LogP contribution < -0.4 is 25.6 Å². The van der Waals surface area contributed by atoms with Crippen LogP contribution in [-0.2, 0) is 40.2 Å². The number of rotatable bonds is 24. The number of likely N-dealkylation sites (tertiary alicyclic amines) is 1. The van der Waals surface area contributed by atoms with Gasteiger partial charge in [-0.15, -0.1) is 22.7 Å². The van der Waals surface area contributed by atoms with Gasteiger partial charge in [-0.2, -0.15) is 0 Å². The van der Waals surface area contributed by atoms with Gasteiger partial charge in [0.2, 0.25) is 17.7 Å². The van der Waals surface area contributed by atoms with E-state index in [4.69, 9.17) is 14.7 Å². The summed E-state index contributed by atoms with van der Waals surface area (Å²) in [5, 5.41) is 31.0. The highest BCUT2D eigenvalue weighted by atomic mass is 32.1. The second-order valence-electron chi connectivity index (χ2n) is 23.6. The first-order chi connectivity index (χ1) is 41.9. The molecule has 1 fully saturated rings. The summed E-state index contributed by atoms with van der Waals surface area (Å²) in [6, 6.07) is 25.2. The number of amides is 4. The highest BCUT2D eigenvalue weighted by Crippen LogP contribution is 2.35. The van der Waals surface area contributed by atoms with Gasteiger partial charge >= 0.3 is 5.97 Å². The minimum atomic E-state index is -1.08. The predicted octanol–water partition coefficient (Wildman–Crippen LogP) is 11.7. The fourth-order valence-corrected chi connectivity index (χ4v) is 14.1. The van der Waals surface area contributed by atoms with Gasteiger partial charge in [0.05, 0.1) is 45.1 Å². The van der Waals surface area contributed by atoms with Crippen molar-refractivity contribution in [1.29, 1.82) is 0 Å². The number of aromatic carboxylic acids is 1. The molecule has 4 aromatic heterocycles. The van der Waals surface area contributed by atoms with E-state index in [1.54, 1.807) is 11.3 Å². The van der Waals surface area contributed by atoms with Crippen molar-refractivity contribution in [2.45, 2.75) is 143 Å². The fourth-order valence-electron chi connectivity index (χ4n) is 11.3. The van der Waals surface area contributed by atoms with E-state index < -0.39 is 29.6 Å². The Labute approximate surface area is 518 Å². The van der Waals surface area contributed by atoms with Crippen molar-refractivity contribution in [3.63, 3.8) is 0 Å². The number of anilines is 2. The van der Waals surface area contributed by atoms with Crippen LogP contribution >= 0.6 is 34.0 Å². The van der Waals surface area contributed by atoms with E-state index in [9.17, 15) is 34.2 Å². The molecular formula is C66H74N10O8S3. The number of nitrogens with zero attached hydrogens (tertiary/aromatic N) is 7. The molecule has 4 amide bonds. The number of hydrogen-bond acceptors (Lipinski definition) is 16. The summed E-state index contributed by atoms with van der Waals surface area (Å²) in [7, 11) is 0. The Balaban J connectivity index is 0.630. The van der Waals surface area contributed by atoms with Gasteiger partial charge in [-0.05, 0) is 134 Å². The standard InChI is InChI=1S/C66H74N10O8S3/c1-39-32-47(84-31-15-21-54-56(63(82)83)73-65(87-54)75-30-29-44-17-14-18-49(50(44)37-75)60(79)74-64-71-51-19-12-13-20-53(51)86-64)27-28-48(39)59-67-34-42(35-68-59)16-10-8-7-9-11-22-55(78)72-58(66(4,5)6)62(81)76-36-46(77)33-52(76)61(80)70-40(2)43-23-25-45(26-24-43)57-41(3)69-38-85-57/h12-14,17-20,23-28,32,34-35,38,40,46,52,58,77H,7-11,15-16,21-22,29-31,33,36-37H2,1-6H3,(H,70,80)(H,72,78)(H,82,83)(H,71,74,79)/t40-,46+,52-,58+/m0/s1. The lowest BCUT2D eigenvalue weighted by molar-refractivity contribution is -0.144. The van der Waals surface area contributed by atoms with E-state index in [1.807, 2.05) is 144 Å². The van der Waals surface area contributed by atoms with E-state index in [1.165, 1.54) is 27.6 Å². The van der Waals surface area contributed by atoms with Crippen LogP contribution in [-0.4, -0.2) is 108 Å². The maximum absolute atomic E-state index is 14.2. The molecule has 4 aromatic carbocycles. The normalized spacial score (nSPS) is 15.7. The minimum Gasteiger partial charge on any atom is -0.494 e. The summed E-state index contributed by atoms with van der Waals surface area (Å²) in [6.07, 6.45) is 10.2. The number of β-amino-alcohol motifs (C(OH)–C–C–N with tert-alkyl or cyclic N) is 1. The van der Waals surface area contributed by atoms with Crippen molar-refractivity contribution in [2.24, 2.45) is 5.41 Å². The molecule has 2 aliphatic rings. The number of aliphatic hydroxyl groups excluding tert-OH is 1. The molecule has 8 aromatic rings. The van der Waals surface area contributed by atoms with Crippen LogP contribution in [0.3, 0.4) is 0 Å². The Kier molecular flexibility index (Phi) is 19.8. The van der Waals surface area contributed by atoms with Crippen LogP contribution in [0.15, 0.2) is 103 Å². The Morgan fingerprint density at radius 1 is 0.839 bits per heavy atom. The van der Waals surface area contributed by atoms with Crippen LogP contribution in [0.1, 0.15) is 144 Å². The fraction of sp³-hybridized carbons (Fsp3) is 0.394. The van der Waals surface area contributed by atoms with Crippen molar-refractivity contribution in [3.05, 3.63) is 152 Å². The number of carboxylic acids is 1. The topological polar surface area (TPSA) is 242 Å². The summed E-state index contributed by atoms with van der Waals surface area (Å²) >= 11 is 4.38. The average Bonchev–Trinajstić information content (AvgIpc) is 4.00. The lowest BCUT2D eigenvalue weighted by Crippen LogP contribution is -2.57. The third-order valence-corrected chi connectivity index (χ3v) is 19.2. The Bertz CT molecular complexity index is 3730. The monoisotopic (exact) mass is 1230 g/mol. The Morgan fingerprint density at radius 2 is 1.61 bits per heavy atom. The number of aliphatic hydroxyl groups is 1. The van der Waals surface area contributed by atoms with Crippen molar-refractivity contribution in [1.82, 2.24) is 40.5 Å². The number of ether oxygens (including phenoxy) is 1. The molecule has 0 spiro atoms. The van der Waals surface area contributed by atoms with Gasteiger partial charge < -0.3 is 35.4 Å². The van der Waals surface area contributed by atoms with E-state index in [-0.39, 0.29) is 54.8 Å². The predicted molar refractivity (Wildman–Crippen MR) is 342 cm³/mol. The van der Waals surface area contributed by atoms with Gasteiger partial charge in [0.25, 0.3) is 5.91 Å².